The van der Waals surface area contributed by atoms with E-state index in [4.69, 9.17) is 16.3 Å². The lowest BCUT2D eigenvalue weighted by atomic mass is 10.0. The number of hydrogen-bond donors (Lipinski definition) is 0. The fourth-order valence-corrected chi connectivity index (χ4v) is 2.19. The third-order valence-corrected chi connectivity index (χ3v) is 3.26. The second-order valence-corrected chi connectivity index (χ2v) is 5.27. The summed E-state index contributed by atoms with van der Waals surface area (Å²) in [7, 11) is 0. The average Bonchev–Trinajstić information content (AvgIpc) is 2.46. The molecule has 0 saturated heterocycles. The van der Waals surface area contributed by atoms with Gasteiger partial charge in [0.25, 0.3) is 0 Å². The molecular weight excluding hydrogens is 272 g/mol. The smallest absolute Gasteiger partial charge is 0.185 e. The summed E-state index contributed by atoms with van der Waals surface area (Å²) < 4.78 is 5.60. The average molecular weight is 289 g/mol. The van der Waals surface area contributed by atoms with Gasteiger partial charge in [-0.15, -0.1) is 11.6 Å². The monoisotopic (exact) mass is 288 g/mol. The summed E-state index contributed by atoms with van der Waals surface area (Å²) in [4.78, 5) is 12.4. The molecule has 0 aromatic heterocycles. The first-order valence-corrected chi connectivity index (χ1v) is 7.01. The van der Waals surface area contributed by atoms with Gasteiger partial charge in [0.2, 0.25) is 0 Å². The first-order chi connectivity index (χ1) is 9.58. The molecular formula is C17H17ClO2. The molecule has 1 atom stereocenters. The molecule has 104 valence electrons. The minimum atomic E-state index is -0.675. The Kier molecular flexibility index (Phi) is 4.80. The topological polar surface area (TPSA) is 26.3 Å². The molecule has 2 aromatic carbocycles. The lowest BCUT2D eigenvalue weighted by Crippen LogP contribution is -2.09. The number of carbonyl (C=O) groups excluding carboxylic acids is 1. The zero-order valence-corrected chi connectivity index (χ0v) is 12.3. The van der Waals surface area contributed by atoms with E-state index in [0.29, 0.717) is 11.3 Å². The highest BCUT2D eigenvalue weighted by Gasteiger charge is 2.19. The van der Waals surface area contributed by atoms with Crippen molar-refractivity contribution < 1.29 is 9.53 Å². The van der Waals surface area contributed by atoms with E-state index in [2.05, 4.69) is 0 Å². The van der Waals surface area contributed by atoms with Crippen LogP contribution in [-0.4, -0.2) is 11.9 Å². The van der Waals surface area contributed by atoms with Crippen LogP contribution < -0.4 is 4.74 Å². The molecule has 2 rings (SSSR count). The van der Waals surface area contributed by atoms with Gasteiger partial charge in [-0.1, -0.05) is 42.5 Å². The maximum atomic E-state index is 12.4. The highest BCUT2D eigenvalue weighted by Crippen LogP contribution is 2.26. The lowest BCUT2D eigenvalue weighted by molar-refractivity contribution is 0.0986. The van der Waals surface area contributed by atoms with Crippen molar-refractivity contribution in [1.29, 1.82) is 0 Å². The first-order valence-electron chi connectivity index (χ1n) is 6.58. The number of rotatable bonds is 5. The molecule has 20 heavy (non-hydrogen) atoms. The Morgan fingerprint density at radius 2 is 1.75 bits per heavy atom. The van der Waals surface area contributed by atoms with Gasteiger partial charge in [0, 0.05) is 5.56 Å². The lowest BCUT2D eigenvalue weighted by Gasteiger charge is -2.12. The molecule has 0 amide bonds. The molecule has 0 spiro atoms. The van der Waals surface area contributed by atoms with Crippen molar-refractivity contribution in [2.24, 2.45) is 0 Å². The van der Waals surface area contributed by atoms with Gasteiger partial charge in [-0.05, 0) is 31.5 Å². The first kappa shape index (κ1) is 14.6. The zero-order chi connectivity index (χ0) is 14.5. The Labute approximate surface area is 124 Å². The predicted molar refractivity (Wildman–Crippen MR) is 81.6 cm³/mol. The molecule has 2 aromatic rings. The molecule has 0 aliphatic heterocycles. The third kappa shape index (κ3) is 3.61. The summed E-state index contributed by atoms with van der Waals surface area (Å²) in [5, 5.41) is -0.675. The van der Waals surface area contributed by atoms with Gasteiger partial charge in [0.1, 0.15) is 11.1 Å². The van der Waals surface area contributed by atoms with Crippen LogP contribution in [0.1, 0.15) is 35.1 Å². The number of hydrogen-bond acceptors (Lipinski definition) is 2. The normalized spacial score (nSPS) is 12.2. The van der Waals surface area contributed by atoms with Crippen LogP contribution in [0.15, 0.2) is 54.6 Å². The van der Waals surface area contributed by atoms with E-state index in [1.807, 2.05) is 50.2 Å². The summed E-state index contributed by atoms with van der Waals surface area (Å²) in [6.45, 7) is 3.89. The van der Waals surface area contributed by atoms with Gasteiger partial charge in [-0.2, -0.15) is 0 Å². The van der Waals surface area contributed by atoms with E-state index in [0.717, 1.165) is 5.56 Å². The highest BCUT2D eigenvalue weighted by atomic mass is 35.5. The Morgan fingerprint density at radius 3 is 2.40 bits per heavy atom. The number of carbonyl (C=O) groups is 1. The summed E-state index contributed by atoms with van der Waals surface area (Å²) in [6.07, 6.45) is 0.0706. The summed E-state index contributed by atoms with van der Waals surface area (Å²) >= 11 is 6.26. The van der Waals surface area contributed by atoms with Crippen LogP contribution in [0.5, 0.6) is 5.75 Å². The standard InChI is InChI=1S/C17H17ClO2/c1-12(2)20-15-10-6-9-14(11-15)17(19)16(18)13-7-4-3-5-8-13/h3-12,16H,1-2H3. The molecule has 3 heteroatoms. The number of Topliss-reactive ketones (excluding diaryl/α,β-unsaturated/α-hetero) is 1. The van der Waals surface area contributed by atoms with E-state index in [-0.39, 0.29) is 11.9 Å². The zero-order valence-electron chi connectivity index (χ0n) is 11.5. The molecule has 0 saturated carbocycles. The van der Waals surface area contributed by atoms with Gasteiger partial charge in [0.15, 0.2) is 5.78 Å². The van der Waals surface area contributed by atoms with E-state index >= 15 is 0 Å². The van der Waals surface area contributed by atoms with Crippen LogP contribution in [0.2, 0.25) is 0 Å². The molecule has 0 aliphatic rings. The quantitative estimate of drug-likeness (QED) is 0.592. The van der Waals surface area contributed by atoms with Crippen LogP contribution in [0, 0.1) is 0 Å². The summed E-state index contributed by atoms with van der Waals surface area (Å²) in [5.74, 6) is 0.565. The fraction of sp³-hybridized carbons (Fsp3) is 0.235. The van der Waals surface area contributed by atoms with Crippen molar-refractivity contribution in [3.63, 3.8) is 0 Å². The Bertz CT molecular complexity index is 579. The Hall–Kier alpha value is -1.80. The minimum Gasteiger partial charge on any atom is -0.491 e. The van der Waals surface area contributed by atoms with Crippen molar-refractivity contribution >= 4 is 17.4 Å². The molecule has 2 nitrogen and oxygen atoms in total. The van der Waals surface area contributed by atoms with E-state index in [1.165, 1.54) is 0 Å². The second-order valence-electron chi connectivity index (χ2n) is 4.83. The molecule has 0 bridgehead atoms. The van der Waals surface area contributed by atoms with Gasteiger partial charge in [-0.3, -0.25) is 4.79 Å². The molecule has 0 N–H and O–H groups in total. The SMILES string of the molecule is CC(C)Oc1cccc(C(=O)C(Cl)c2ccccc2)c1. The van der Waals surface area contributed by atoms with Gasteiger partial charge >= 0.3 is 0 Å². The van der Waals surface area contributed by atoms with Crippen LogP contribution in [0.4, 0.5) is 0 Å². The maximum Gasteiger partial charge on any atom is 0.185 e. The Balaban J connectivity index is 2.21. The van der Waals surface area contributed by atoms with Gasteiger partial charge in [-0.25, -0.2) is 0 Å². The van der Waals surface area contributed by atoms with Gasteiger partial charge < -0.3 is 4.74 Å². The van der Waals surface area contributed by atoms with Crippen LogP contribution in [0.3, 0.4) is 0 Å². The Morgan fingerprint density at radius 1 is 1.05 bits per heavy atom. The van der Waals surface area contributed by atoms with Crippen molar-refractivity contribution in [2.75, 3.05) is 0 Å². The van der Waals surface area contributed by atoms with Crippen LogP contribution >= 0.6 is 11.6 Å². The van der Waals surface area contributed by atoms with E-state index < -0.39 is 5.38 Å². The fourth-order valence-electron chi connectivity index (χ4n) is 1.91. The molecule has 0 radical (unpaired) electrons. The maximum absolute atomic E-state index is 12.4. The predicted octanol–water partition coefficient (Wildman–Crippen LogP) is 4.64. The van der Waals surface area contributed by atoms with Gasteiger partial charge in [0.05, 0.1) is 6.10 Å². The van der Waals surface area contributed by atoms with E-state index in [9.17, 15) is 4.79 Å². The minimum absolute atomic E-state index is 0.0706. The largest absolute Gasteiger partial charge is 0.491 e. The van der Waals surface area contributed by atoms with Crippen molar-refractivity contribution in [3.05, 3.63) is 65.7 Å². The molecule has 0 aliphatic carbocycles. The molecule has 0 heterocycles. The van der Waals surface area contributed by atoms with E-state index in [1.54, 1.807) is 18.2 Å². The van der Waals surface area contributed by atoms with Crippen LogP contribution in [-0.2, 0) is 0 Å². The summed E-state index contributed by atoms with van der Waals surface area (Å²) in [6, 6.07) is 16.5. The highest BCUT2D eigenvalue weighted by molar-refractivity contribution is 6.33. The molecule has 1 unspecified atom stereocenters. The third-order valence-electron chi connectivity index (χ3n) is 2.81. The molecule has 0 fully saturated rings. The number of benzene rings is 2. The number of halogens is 1. The number of ether oxygens (including phenoxy) is 1. The van der Waals surface area contributed by atoms with Crippen molar-refractivity contribution in [1.82, 2.24) is 0 Å². The van der Waals surface area contributed by atoms with Crippen molar-refractivity contribution in [2.45, 2.75) is 25.3 Å². The summed E-state index contributed by atoms with van der Waals surface area (Å²) in [5.41, 5.74) is 1.36. The van der Waals surface area contributed by atoms with Crippen LogP contribution in [0.25, 0.3) is 0 Å². The van der Waals surface area contributed by atoms with Crippen molar-refractivity contribution in [3.8, 4) is 5.75 Å². The second kappa shape index (κ2) is 6.58. The number of ketones is 1. The number of alkyl halides is 1.